The van der Waals surface area contributed by atoms with Gasteiger partial charge in [0.1, 0.15) is 5.75 Å². The first kappa shape index (κ1) is 12.8. The van der Waals surface area contributed by atoms with Crippen LogP contribution in [0.15, 0.2) is 0 Å². The Morgan fingerprint density at radius 3 is 2.11 bits per heavy atom. The van der Waals surface area contributed by atoms with Gasteiger partial charge in [0.15, 0.2) is 0 Å². The van der Waals surface area contributed by atoms with Gasteiger partial charge in [0.2, 0.25) is 0 Å². The zero-order valence-corrected chi connectivity index (χ0v) is 5.44. The van der Waals surface area contributed by atoms with Crippen LogP contribution in [0.5, 0.6) is 0 Å². The van der Waals surface area contributed by atoms with Crippen molar-refractivity contribution in [2.75, 3.05) is 12.4 Å². The Hall–Kier alpha value is 1.16. The number of halogens is 1. The summed E-state index contributed by atoms with van der Waals surface area (Å²) in [6.45, 7) is -0.194. The van der Waals surface area contributed by atoms with Crippen molar-refractivity contribution < 1.29 is 17.3 Å². The van der Waals surface area contributed by atoms with Gasteiger partial charge in [0.25, 0.3) is 10.1 Å². The molecule has 0 heterocycles. The number of rotatable bonds is 3. The second kappa shape index (κ2) is 5.91. The Bertz CT molecular complexity index is 143. The molecule has 0 aliphatic heterocycles. The van der Waals surface area contributed by atoms with Gasteiger partial charge in [0, 0.05) is 0 Å². The van der Waals surface area contributed by atoms with E-state index in [-0.39, 0.29) is 36.2 Å². The van der Waals surface area contributed by atoms with Crippen molar-refractivity contribution in [1.82, 2.24) is 0 Å². The van der Waals surface area contributed by atoms with E-state index in [0.29, 0.717) is 0 Å². The van der Waals surface area contributed by atoms with Crippen molar-refractivity contribution in [1.29, 1.82) is 0 Å². The molecule has 0 saturated carbocycles. The van der Waals surface area contributed by atoms with Crippen LogP contribution in [0.2, 0.25) is 0 Å². The van der Waals surface area contributed by atoms with Crippen molar-refractivity contribution in [3.63, 3.8) is 0 Å². The maximum absolute atomic E-state index is 9.81. The Morgan fingerprint density at radius 2 is 2.00 bits per heavy atom. The quantitative estimate of drug-likeness (QED) is 0.470. The van der Waals surface area contributed by atoms with Crippen LogP contribution in [0.1, 0.15) is 0 Å². The summed E-state index contributed by atoms with van der Waals surface area (Å²) in [5, 5.41) is 0. The van der Waals surface area contributed by atoms with Crippen LogP contribution in [0, 0.1) is 0 Å². The summed E-state index contributed by atoms with van der Waals surface area (Å²) in [4.78, 5) is 0. The van der Waals surface area contributed by atoms with Crippen molar-refractivity contribution in [2.45, 2.75) is 0 Å². The van der Waals surface area contributed by atoms with Gasteiger partial charge < -0.3 is 0 Å². The minimum atomic E-state index is -3.90. The molecule has 0 aliphatic rings. The molecular weight excluding hydrogens is 179 g/mol. The van der Waals surface area contributed by atoms with E-state index in [1.54, 1.807) is 0 Å². The standard InChI is InChI=1S/C2H5ClO4S.Na.H/c3-7-1-2-8(4,5)6;;/h1-2H2,(H,4,5,6);;. The van der Waals surface area contributed by atoms with Gasteiger partial charge >= 0.3 is 29.6 Å². The van der Waals surface area contributed by atoms with Crippen LogP contribution >= 0.6 is 11.9 Å². The fourth-order valence-corrected chi connectivity index (χ4v) is 0.599. The summed E-state index contributed by atoms with van der Waals surface area (Å²) in [5.41, 5.74) is 0. The zero-order valence-electron chi connectivity index (χ0n) is 3.87. The molecule has 9 heavy (non-hydrogen) atoms. The molecule has 0 atom stereocenters. The second-order valence-corrected chi connectivity index (χ2v) is 2.89. The molecule has 0 bridgehead atoms. The number of hydrogen-bond donors (Lipinski definition) is 1. The zero-order chi connectivity index (χ0) is 6.62. The molecule has 0 saturated heterocycles. The molecule has 0 amide bonds. The predicted octanol–water partition coefficient (Wildman–Crippen LogP) is -0.604. The summed E-state index contributed by atoms with van der Waals surface area (Å²) in [5.74, 6) is -0.462. The summed E-state index contributed by atoms with van der Waals surface area (Å²) in [7, 11) is -3.90. The summed E-state index contributed by atoms with van der Waals surface area (Å²) in [6, 6.07) is 0. The summed E-state index contributed by atoms with van der Waals surface area (Å²) < 4.78 is 31.4. The third-order valence-electron chi connectivity index (χ3n) is 0.418. The second-order valence-electron chi connectivity index (χ2n) is 1.10. The van der Waals surface area contributed by atoms with Gasteiger partial charge in [-0.3, -0.25) is 8.84 Å². The van der Waals surface area contributed by atoms with E-state index in [2.05, 4.69) is 16.2 Å². The van der Waals surface area contributed by atoms with E-state index in [1.807, 2.05) is 0 Å². The Kier molecular flexibility index (Phi) is 8.41. The fourth-order valence-electron chi connectivity index (χ4n) is 0.137. The topological polar surface area (TPSA) is 63.6 Å². The molecule has 0 rings (SSSR count). The molecule has 0 radical (unpaired) electrons. The van der Waals surface area contributed by atoms with Crippen LogP contribution in [0.25, 0.3) is 0 Å². The average Bonchev–Trinajstić information content (AvgIpc) is 1.59. The Morgan fingerprint density at radius 1 is 1.56 bits per heavy atom. The molecule has 7 heteroatoms. The third kappa shape index (κ3) is 12.4. The molecule has 52 valence electrons. The van der Waals surface area contributed by atoms with Crippen molar-refractivity contribution in [2.24, 2.45) is 0 Å². The molecule has 0 spiro atoms. The molecule has 0 fully saturated rings. The van der Waals surface area contributed by atoms with Crippen LogP contribution in [0.3, 0.4) is 0 Å². The van der Waals surface area contributed by atoms with Crippen molar-refractivity contribution in [3.05, 3.63) is 0 Å². The van der Waals surface area contributed by atoms with Crippen molar-refractivity contribution >= 4 is 51.5 Å². The summed E-state index contributed by atoms with van der Waals surface area (Å²) in [6.07, 6.45) is 0. The van der Waals surface area contributed by atoms with Gasteiger partial charge in [-0.05, 0) is 0 Å². The normalized spacial score (nSPS) is 10.4. The predicted molar refractivity (Wildman–Crippen MR) is 35.4 cm³/mol. The molecule has 4 nitrogen and oxygen atoms in total. The summed E-state index contributed by atoms with van der Waals surface area (Å²) >= 11 is 4.63. The molecule has 0 aromatic rings. The van der Waals surface area contributed by atoms with Gasteiger partial charge in [-0.15, -0.1) is 0 Å². The van der Waals surface area contributed by atoms with E-state index in [0.717, 1.165) is 0 Å². The van der Waals surface area contributed by atoms with Gasteiger partial charge in [-0.2, -0.15) is 8.42 Å². The average molecular weight is 185 g/mol. The van der Waals surface area contributed by atoms with Gasteiger partial charge in [0.05, 0.1) is 18.5 Å². The molecule has 0 aromatic heterocycles. The Labute approximate surface area is 80.7 Å². The molecule has 0 unspecified atom stereocenters. The first-order valence-electron chi connectivity index (χ1n) is 1.75. The molecular formula is C2H6ClNaO4S. The minimum absolute atomic E-state index is 0. The van der Waals surface area contributed by atoms with Gasteiger partial charge in [-0.1, -0.05) is 0 Å². The third-order valence-corrected chi connectivity index (χ3v) is 1.26. The van der Waals surface area contributed by atoms with E-state index in [9.17, 15) is 8.42 Å². The maximum atomic E-state index is 9.81. The van der Waals surface area contributed by atoms with Crippen LogP contribution in [0.4, 0.5) is 0 Å². The van der Waals surface area contributed by atoms with E-state index >= 15 is 0 Å². The van der Waals surface area contributed by atoms with E-state index in [4.69, 9.17) is 4.55 Å². The first-order chi connectivity index (χ1) is 3.56. The monoisotopic (exact) mass is 184 g/mol. The van der Waals surface area contributed by atoms with Crippen LogP contribution in [-0.4, -0.2) is 54.9 Å². The van der Waals surface area contributed by atoms with Crippen molar-refractivity contribution in [3.8, 4) is 0 Å². The molecule has 0 aromatic carbocycles. The molecule has 1 N–H and O–H groups in total. The van der Waals surface area contributed by atoms with Crippen LogP contribution < -0.4 is 0 Å². The first-order valence-corrected chi connectivity index (χ1v) is 3.67. The van der Waals surface area contributed by atoms with E-state index in [1.165, 1.54) is 0 Å². The Balaban J connectivity index is 0. The fraction of sp³-hybridized carbons (Fsp3) is 1.00. The number of hydrogen-bond acceptors (Lipinski definition) is 3. The SMILES string of the molecule is O=S(=O)(O)CCOCl.[NaH]. The molecule has 0 aliphatic carbocycles. The van der Waals surface area contributed by atoms with E-state index < -0.39 is 15.9 Å². The van der Waals surface area contributed by atoms with Gasteiger partial charge in [-0.25, -0.2) is 0 Å². The van der Waals surface area contributed by atoms with Crippen LogP contribution in [-0.2, 0) is 14.4 Å².